The summed E-state index contributed by atoms with van der Waals surface area (Å²) in [5.41, 5.74) is 2.89. The SMILES string of the molecule is Cc1cccnc1C(NC(=O)C1CCN(C(=O)OCC(C)C)CC1)c1ccccc1. The highest BCUT2D eigenvalue weighted by Gasteiger charge is 2.30. The number of carbonyl (C=O) groups is 2. The quantitative estimate of drug-likeness (QED) is 0.780. The first-order valence-corrected chi connectivity index (χ1v) is 10.6. The summed E-state index contributed by atoms with van der Waals surface area (Å²) in [4.78, 5) is 31.5. The molecule has 1 aromatic heterocycles. The molecule has 3 rings (SSSR count). The molecule has 1 aromatic carbocycles. The Morgan fingerprint density at radius 2 is 1.83 bits per heavy atom. The number of amides is 2. The zero-order chi connectivity index (χ0) is 21.5. The fourth-order valence-corrected chi connectivity index (χ4v) is 3.67. The third-order valence-electron chi connectivity index (χ3n) is 5.41. The first-order chi connectivity index (χ1) is 14.5. The zero-order valence-corrected chi connectivity index (χ0v) is 18.0. The van der Waals surface area contributed by atoms with Crippen LogP contribution < -0.4 is 5.32 Å². The Labute approximate surface area is 178 Å². The molecule has 1 saturated heterocycles. The number of aryl methyl sites for hydroxylation is 1. The van der Waals surface area contributed by atoms with Gasteiger partial charge in [-0.2, -0.15) is 0 Å². The number of nitrogens with zero attached hydrogens (tertiary/aromatic N) is 2. The van der Waals surface area contributed by atoms with Gasteiger partial charge in [0.15, 0.2) is 0 Å². The van der Waals surface area contributed by atoms with E-state index in [9.17, 15) is 9.59 Å². The van der Waals surface area contributed by atoms with E-state index in [4.69, 9.17) is 4.74 Å². The number of pyridine rings is 1. The van der Waals surface area contributed by atoms with Gasteiger partial charge in [0.1, 0.15) is 0 Å². The molecule has 160 valence electrons. The number of rotatable bonds is 6. The van der Waals surface area contributed by atoms with Gasteiger partial charge in [-0.25, -0.2) is 4.79 Å². The number of carbonyl (C=O) groups excluding carboxylic acids is 2. The fraction of sp³-hybridized carbons (Fsp3) is 0.458. The van der Waals surface area contributed by atoms with E-state index >= 15 is 0 Å². The molecule has 0 bridgehead atoms. The normalized spacial score (nSPS) is 15.7. The van der Waals surface area contributed by atoms with Gasteiger partial charge >= 0.3 is 6.09 Å². The predicted octanol–water partition coefficient (Wildman–Crippen LogP) is 4.10. The van der Waals surface area contributed by atoms with Crippen molar-refractivity contribution in [3.8, 4) is 0 Å². The first-order valence-electron chi connectivity index (χ1n) is 10.6. The van der Waals surface area contributed by atoms with Gasteiger partial charge < -0.3 is 15.0 Å². The van der Waals surface area contributed by atoms with E-state index in [2.05, 4.69) is 10.3 Å². The van der Waals surface area contributed by atoms with Gasteiger partial charge in [0.25, 0.3) is 0 Å². The summed E-state index contributed by atoms with van der Waals surface area (Å²) < 4.78 is 5.31. The van der Waals surface area contributed by atoms with Gasteiger partial charge in [-0.1, -0.05) is 50.2 Å². The lowest BCUT2D eigenvalue weighted by Gasteiger charge is -2.32. The minimum atomic E-state index is -0.297. The van der Waals surface area contributed by atoms with Crippen molar-refractivity contribution >= 4 is 12.0 Å². The van der Waals surface area contributed by atoms with Crippen LogP contribution in [0.4, 0.5) is 4.79 Å². The van der Waals surface area contributed by atoms with E-state index in [1.807, 2.05) is 63.2 Å². The highest BCUT2D eigenvalue weighted by molar-refractivity contribution is 5.80. The summed E-state index contributed by atoms with van der Waals surface area (Å²) >= 11 is 0. The third kappa shape index (κ3) is 5.59. The average molecular weight is 410 g/mol. The number of likely N-dealkylation sites (tertiary alicyclic amines) is 1. The predicted molar refractivity (Wildman–Crippen MR) is 116 cm³/mol. The lowest BCUT2D eigenvalue weighted by Crippen LogP contribution is -2.44. The van der Waals surface area contributed by atoms with Crippen LogP contribution in [0.15, 0.2) is 48.7 Å². The van der Waals surface area contributed by atoms with Crippen LogP contribution >= 0.6 is 0 Å². The summed E-state index contributed by atoms with van der Waals surface area (Å²) in [6, 6.07) is 13.5. The van der Waals surface area contributed by atoms with Crippen LogP contribution in [0.25, 0.3) is 0 Å². The van der Waals surface area contributed by atoms with Crippen molar-refractivity contribution in [3.05, 3.63) is 65.5 Å². The molecule has 6 heteroatoms. The minimum absolute atomic E-state index is 0.00380. The molecular formula is C24H31N3O3. The molecule has 2 heterocycles. The number of nitrogens with one attached hydrogen (secondary N) is 1. The summed E-state index contributed by atoms with van der Waals surface area (Å²) in [5, 5.41) is 3.21. The first kappa shape index (κ1) is 21.8. The second-order valence-electron chi connectivity index (χ2n) is 8.29. The number of hydrogen-bond acceptors (Lipinski definition) is 4. The number of piperidine rings is 1. The highest BCUT2D eigenvalue weighted by Crippen LogP contribution is 2.25. The largest absolute Gasteiger partial charge is 0.449 e. The molecule has 2 aromatic rings. The molecule has 1 unspecified atom stereocenters. The molecule has 30 heavy (non-hydrogen) atoms. The average Bonchev–Trinajstić information content (AvgIpc) is 2.77. The van der Waals surface area contributed by atoms with Crippen molar-refractivity contribution in [1.29, 1.82) is 0 Å². The fourth-order valence-electron chi connectivity index (χ4n) is 3.67. The molecule has 0 saturated carbocycles. The number of benzene rings is 1. The Bertz CT molecular complexity index is 846. The van der Waals surface area contributed by atoms with Crippen LogP contribution in [0.3, 0.4) is 0 Å². The molecule has 0 radical (unpaired) electrons. The summed E-state index contributed by atoms with van der Waals surface area (Å²) in [5.74, 6) is 0.181. The Hall–Kier alpha value is -2.89. The molecule has 0 spiro atoms. The molecule has 0 aliphatic carbocycles. The molecule has 1 aliphatic rings. The second kappa shape index (κ2) is 10.2. The van der Waals surface area contributed by atoms with Crippen molar-refractivity contribution in [3.63, 3.8) is 0 Å². The third-order valence-corrected chi connectivity index (χ3v) is 5.41. The lowest BCUT2D eigenvalue weighted by molar-refractivity contribution is -0.126. The Morgan fingerprint density at radius 1 is 1.13 bits per heavy atom. The zero-order valence-electron chi connectivity index (χ0n) is 18.0. The molecule has 6 nitrogen and oxygen atoms in total. The summed E-state index contributed by atoms with van der Waals surface area (Å²) in [7, 11) is 0. The maximum atomic E-state index is 13.1. The van der Waals surface area contributed by atoms with Crippen LogP contribution in [0.1, 0.15) is 49.6 Å². The molecule has 1 N–H and O–H groups in total. The van der Waals surface area contributed by atoms with Gasteiger partial charge in [0, 0.05) is 25.2 Å². The standard InChI is InChI=1S/C24H31N3O3/c1-17(2)16-30-24(29)27-14-11-20(12-15-27)23(28)26-22(19-9-5-4-6-10-19)21-18(3)8-7-13-25-21/h4-10,13,17,20,22H,11-12,14-16H2,1-3H3,(H,26,28). The Kier molecular flexibility index (Phi) is 7.44. The monoisotopic (exact) mass is 409 g/mol. The van der Waals surface area contributed by atoms with Crippen LogP contribution in [0.2, 0.25) is 0 Å². The van der Waals surface area contributed by atoms with E-state index < -0.39 is 0 Å². The van der Waals surface area contributed by atoms with Crippen molar-refractivity contribution in [2.75, 3.05) is 19.7 Å². The van der Waals surface area contributed by atoms with Gasteiger partial charge in [-0.05, 0) is 42.9 Å². The maximum Gasteiger partial charge on any atom is 0.409 e. The molecule has 1 aliphatic heterocycles. The minimum Gasteiger partial charge on any atom is -0.449 e. The Balaban J connectivity index is 1.65. The molecule has 1 atom stereocenters. The van der Waals surface area contributed by atoms with E-state index in [1.165, 1.54) is 0 Å². The molecule has 2 amide bonds. The molecular weight excluding hydrogens is 378 g/mol. The van der Waals surface area contributed by atoms with Crippen LogP contribution in [-0.2, 0) is 9.53 Å². The molecule has 1 fully saturated rings. The van der Waals surface area contributed by atoms with Gasteiger partial charge in [-0.15, -0.1) is 0 Å². The Morgan fingerprint density at radius 3 is 2.47 bits per heavy atom. The van der Waals surface area contributed by atoms with E-state index in [0.717, 1.165) is 16.8 Å². The smallest absolute Gasteiger partial charge is 0.409 e. The van der Waals surface area contributed by atoms with Crippen molar-refractivity contribution in [2.45, 2.75) is 39.7 Å². The van der Waals surface area contributed by atoms with Crippen LogP contribution in [-0.4, -0.2) is 41.6 Å². The second-order valence-corrected chi connectivity index (χ2v) is 8.29. The number of aromatic nitrogens is 1. The van der Waals surface area contributed by atoms with Crippen LogP contribution in [0.5, 0.6) is 0 Å². The van der Waals surface area contributed by atoms with Gasteiger partial charge in [-0.3, -0.25) is 9.78 Å². The van der Waals surface area contributed by atoms with E-state index in [-0.39, 0.29) is 24.0 Å². The summed E-state index contributed by atoms with van der Waals surface area (Å²) in [6.07, 6.45) is 2.73. The lowest BCUT2D eigenvalue weighted by atomic mass is 9.94. The maximum absolute atomic E-state index is 13.1. The van der Waals surface area contributed by atoms with E-state index in [0.29, 0.717) is 38.5 Å². The van der Waals surface area contributed by atoms with Gasteiger partial charge in [0.2, 0.25) is 5.91 Å². The van der Waals surface area contributed by atoms with Crippen molar-refractivity contribution in [1.82, 2.24) is 15.2 Å². The van der Waals surface area contributed by atoms with E-state index in [1.54, 1.807) is 11.1 Å². The van der Waals surface area contributed by atoms with Crippen LogP contribution in [0, 0.1) is 18.8 Å². The van der Waals surface area contributed by atoms with Gasteiger partial charge in [0.05, 0.1) is 18.3 Å². The topological polar surface area (TPSA) is 71.5 Å². The van der Waals surface area contributed by atoms with Crippen molar-refractivity contribution in [2.24, 2.45) is 11.8 Å². The highest BCUT2D eigenvalue weighted by atomic mass is 16.6. The van der Waals surface area contributed by atoms with Crippen molar-refractivity contribution < 1.29 is 14.3 Å². The number of ether oxygens (including phenoxy) is 1. The number of hydrogen-bond donors (Lipinski definition) is 1. The summed E-state index contributed by atoms with van der Waals surface area (Å²) in [6.45, 7) is 7.51.